The molecule has 0 fully saturated rings. The van der Waals surface area contributed by atoms with Crippen LogP contribution in [0, 0.1) is 12.8 Å². The molecule has 1 aliphatic rings. The Labute approximate surface area is 156 Å². The van der Waals surface area contributed by atoms with Crippen molar-refractivity contribution in [3.05, 3.63) is 41.5 Å². The smallest absolute Gasteiger partial charge is 0.211 e. The van der Waals surface area contributed by atoms with E-state index in [9.17, 15) is 8.42 Å². The van der Waals surface area contributed by atoms with Gasteiger partial charge in [-0.1, -0.05) is 0 Å². The predicted octanol–water partition coefficient (Wildman–Crippen LogP) is 1.49. The van der Waals surface area contributed by atoms with Crippen LogP contribution in [0.4, 0.5) is 0 Å². The topological polar surface area (TPSA) is 72.2 Å². The zero-order valence-corrected chi connectivity index (χ0v) is 16.7. The third-order valence-electron chi connectivity index (χ3n) is 5.02. The molecule has 0 spiro atoms. The van der Waals surface area contributed by atoms with Crippen LogP contribution in [0.15, 0.2) is 24.4 Å². The van der Waals surface area contributed by atoms with Crippen molar-refractivity contribution in [3.63, 3.8) is 0 Å². The van der Waals surface area contributed by atoms with Crippen molar-refractivity contribution in [2.24, 2.45) is 13.0 Å². The predicted molar refractivity (Wildman–Crippen MR) is 102 cm³/mol. The quantitative estimate of drug-likeness (QED) is 0.791. The maximum absolute atomic E-state index is 11.7. The SMILES string of the molecule is CCS(=O)(=O)NCC[C@H]1CN(Cc2cc(C)nn2C)Cc2cccn2C1. The van der Waals surface area contributed by atoms with Gasteiger partial charge in [0.25, 0.3) is 0 Å². The Balaban J connectivity index is 1.69. The van der Waals surface area contributed by atoms with E-state index in [2.05, 4.69) is 43.7 Å². The van der Waals surface area contributed by atoms with Crippen LogP contribution >= 0.6 is 0 Å². The number of hydrogen-bond donors (Lipinski definition) is 1. The van der Waals surface area contributed by atoms with Crippen LogP contribution in [0.25, 0.3) is 0 Å². The number of rotatable bonds is 7. The van der Waals surface area contributed by atoms with Crippen LogP contribution in [0.5, 0.6) is 0 Å². The van der Waals surface area contributed by atoms with Gasteiger partial charge in [-0.25, -0.2) is 13.1 Å². The normalized spacial score (nSPS) is 18.7. The van der Waals surface area contributed by atoms with Crippen LogP contribution in [-0.4, -0.2) is 46.5 Å². The first-order chi connectivity index (χ1) is 12.4. The molecule has 0 saturated carbocycles. The van der Waals surface area contributed by atoms with Gasteiger partial charge in [-0.05, 0) is 44.4 Å². The third kappa shape index (κ3) is 4.75. The lowest BCUT2D eigenvalue weighted by Crippen LogP contribution is -2.32. The zero-order valence-electron chi connectivity index (χ0n) is 15.9. The number of fused-ring (bicyclic) bond motifs is 1. The number of hydrogen-bond acceptors (Lipinski definition) is 4. The van der Waals surface area contributed by atoms with E-state index >= 15 is 0 Å². The summed E-state index contributed by atoms with van der Waals surface area (Å²) in [6.07, 6.45) is 2.95. The largest absolute Gasteiger partial charge is 0.350 e. The van der Waals surface area contributed by atoms with Gasteiger partial charge in [-0.3, -0.25) is 9.58 Å². The molecule has 0 saturated heterocycles. The molecule has 3 rings (SSSR count). The van der Waals surface area contributed by atoms with Crippen LogP contribution in [0.2, 0.25) is 0 Å². The maximum Gasteiger partial charge on any atom is 0.211 e. The highest BCUT2D eigenvalue weighted by Gasteiger charge is 2.22. The first-order valence-corrected chi connectivity index (χ1v) is 10.8. The van der Waals surface area contributed by atoms with Gasteiger partial charge in [0.2, 0.25) is 10.0 Å². The lowest BCUT2D eigenvalue weighted by molar-refractivity contribution is 0.211. The highest BCUT2D eigenvalue weighted by molar-refractivity contribution is 7.89. The minimum absolute atomic E-state index is 0.130. The molecule has 8 heteroatoms. The summed E-state index contributed by atoms with van der Waals surface area (Å²) in [7, 11) is -1.14. The van der Waals surface area contributed by atoms with E-state index in [1.807, 2.05) is 18.7 Å². The van der Waals surface area contributed by atoms with E-state index < -0.39 is 10.0 Å². The molecule has 0 radical (unpaired) electrons. The highest BCUT2D eigenvalue weighted by atomic mass is 32.2. The molecule has 0 bridgehead atoms. The molecule has 26 heavy (non-hydrogen) atoms. The van der Waals surface area contributed by atoms with E-state index in [1.165, 1.54) is 11.4 Å². The number of nitrogens with zero attached hydrogens (tertiary/aromatic N) is 4. The maximum atomic E-state index is 11.7. The Kier molecular flexibility index (Phi) is 5.84. The highest BCUT2D eigenvalue weighted by Crippen LogP contribution is 2.21. The summed E-state index contributed by atoms with van der Waals surface area (Å²) >= 11 is 0. The van der Waals surface area contributed by atoms with Gasteiger partial charge in [0, 0.05) is 51.7 Å². The van der Waals surface area contributed by atoms with Crippen LogP contribution in [0.1, 0.15) is 30.4 Å². The van der Waals surface area contributed by atoms with E-state index in [0.717, 1.165) is 38.3 Å². The molecule has 144 valence electrons. The summed E-state index contributed by atoms with van der Waals surface area (Å²) in [5.74, 6) is 0.531. The molecule has 1 aliphatic heterocycles. The Bertz CT molecular complexity index is 840. The van der Waals surface area contributed by atoms with Gasteiger partial charge in [0.1, 0.15) is 0 Å². The summed E-state index contributed by atoms with van der Waals surface area (Å²) in [6, 6.07) is 6.39. The standard InChI is InChI=1S/C18H29N5O2S/c1-4-26(24,25)19-8-7-16-11-22(13-17-6-5-9-23(17)12-16)14-18-10-15(2)20-21(18)3/h5-6,9-10,16,19H,4,7-8,11-14H2,1-3H3/t16-/m0/s1. The monoisotopic (exact) mass is 379 g/mol. The second-order valence-electron chi connectivity index (χ2n) is 7.17. The Morgan fingerprint density at radius 2 is 2.15 bits per heavy atom. The first-order valence-electron chi connectivity index (χ1n) is 9.19. The van der Waals surface area contributed by atoms with E-state index in [1.54, 1.807) is 6.92 Å². The van der Waals surface area contributed by atoms with Gasteiger partial charge in [0.15, 0.2) is 0 Å². The van der Waals surface area contributed by atoms with Crippen LogP contribution < -0.4 is 4.72 Å². The van der Waals surface area contributed by atoms with Gasteiger partial charge < -0.3 is 4.57 Å². The van der Waals surface area contributed by atoms with Gasteiger partial charge in [-0.2, -0.15) is 5.10 Å². The fourth-order valence-electron chi connectivity index (χ4n) is 3.63. The van der Waals surface area contributed by atoms with Crippen molar-refractivity contribution in [3.8, 4) is 0 Å². The molecular formula is C18H29N5O2S. The molecular weight excluding hydrogens is 350 g/mol. The van der Waals surface area contributed by atoms with E-state index in [0.29, 0.717) is 12.5 Å². The molecule has 1 atom stereocenters. The Morgan fingerprint density at radius 3 is 2.85 bits per heavy atom. The number of aryl methyl sites for hydroxylation is 2. The lowest BCUT2D eigenvalue weighted by Gasteiger charge is -2.24. The Morgan fingerprint density at radius 1 is 1.35 bits per heavy atom. The summed E-state index contributed by atoms with van der Waals surface area (Å²) in [6.45, 7) is 7.79. The van der Waals surface area contributed by atoms with Crippen LogP contribution in [0.3, 0.4) is 0 Å². The molecule has 0 amide bonds. The number of sulfonamides is 1. The summed E-state index contributed by atoms with van der Waals surface area (Å²) < 4.78 is 30.3. The summed E-state index contributed by atoms with van der Waals surface area (Å²) in [5, 5.41) is 4.45. The van der Waals surface area contributed by atoms with Gasteiger partial charge >= 0.3 is 0 Å². The van der Waals surface area contributed by atoms with Gasteiger partial charge in [-0.15, -0.1) is 0 Å². The molecule has 1 N–H and O–H groups in total. The van der Waals surface area contributed by atoms with E-state index in [4.69, 9.17) is 0 Å². The number of aromatic nitrogens is 3. The zero-order chi connectivity index (χ0) is 18.7. The van der Waals surface area contributed by atoms with Gasteiger partial charge in [0.05, 0.1) is 17.1 Å². The molecule has 2 aromatic heterocycles. The number of nitrogens with one attached hydrogen (secondary N) is 1. The van der Waals surface area contributed by atoms with Crippen molar-refractivity contribution < 1.29 is 8.42 Å². The fourth-order valence-corrected chi connectivity index (χ4v) is 4.26. The van der Waals surface area contributed by atoms with Crippen molar-refractivity contribution in [2.45, 2.75) is 39.9 Å². The van der Waals surface area contributed by atoms with Crippen molar-refractivity contribution in [1.29, 1.82) is 0 Å². The molecule has 0 aliphatic carbocycles. The minimum atomic E-state index is -3.13. The van der Waals surface area contributed by atoms with Crippen LogP contribution in [-0.2, 0) is 36.7 Å². The second kappa shape index (κ2) is 7.94. The third-order valence-corrected chi connectivity index (χ3v) is 6.42. The first kappa shape index (κ1) is 19.1. The van der Waals surface area contributed by atoms with Crippen molar-refractivity contribution in [1.82, 2.24) is 24.0 Å². The Hall–Kier alpha value is -1.64. The second-order valence-corrected chi connectivity index (χ2v) is 9.27. The van der Waals surface area contributed by atoms with Crippen molar-refractivity contribution in [2.75, 3.05) is 18.8 Å². The summed E-state index contributed by atoms with van der Waals surface area (Å²) in [4.78, 5) is 2.44. The average Bonchev–Trinajstić information content (AvgIpc) is 3.08. The molecule has 7 nitrogen and oxygen atoms in total. The molecule has 2 aromatic rings. The molecule has 3 heterocycles. The average molecular weight is 380 g/mol. The lowest BCUT2D eigenvalue weighted by atomic mass is 10.1. The fraction of sp³-hybridized carbons (Fsp3) is 0.611. The summed E-state index contributed by atoms with van der Waals surface area (Å²) in [5.41, 5.74) is 3.54. The van der Waals surface area contributed by atoms with E-state index in [-0.39, 0.29) is 5.75 Å². The minimum Gasteiger partial charge on any atom is -0.350 e. The molecule has 0 unspecified atom stereocenters. The van der Waals surface area contributed by atoms with Crippen molar-refractivity contribution >= 4 is 10.0 Å². The molecule has 0 aromatic carbocycles.